The largest absolute Gasteiger partial charge is 0.481 e. The summed E-state index contributed by atoms with van der Waals surface area (Å²) in [5.41, 5.74) is 1.56. The molecule has 0 bridgehead atoms. The number of carboxylic acids is 1. The Hall–Kier alpha value is -2.37. The van der Waals surface area contributed by atoms with Gasteiger partial charge in [-0.25, -0.2) is 0 Å². The lowest BCUT2D eigenvalue weighted by Crippen LogP contribution is -2.25. The maximum absolute atomic E-state index is 12.0. The van der Waals surface area contributed by atoms with E-state index in [2.05, 4.69) is 5.32 Å². The number of hydrogen-bond acceptors (Lipinski definition) is 3. The Balaban J connectivity index is 1.89. The maximum Gasteiger partial charge on any atom is 0.303 e. The summed E-state index contributed by atoms with van der Waals surface area (Å²) in [6.45, 7) is 0.446. The van der Waals surface area contributed by atoms with Gasteiger partial charge in [0.15, 0.2) is 0 Å². The van der Waals surface area contributed by atoms with Gasteiger partial charge in [0.1, 0.15) is 0 Å². The Morgan fingerprint density at radius 2 is 2.00 bits per heavy atom. The molecule has 1 saturated heterocycles. The lowest BCUT2D eigenvalue weighted by atomic mass is 10.1. The number of carbonyl (C=O) groups excluding carboxylic acids is 2. The van der Waals surface area contributed by atoms with Gasteiger partial charge in [0, 0.05) is 32.1 Å². The van der Waals surface area contributed by atoms with Crippen molar-refractivity contribution in [1.82, 2.24) is 4.90 Å². The quantitative estimate of drug-likeness (QED) is 0.850. The van der Waals surface area contributed by atoms with Crippen LogP contribution in [0.4, 0.5) is 5.69 Å². The molecular weight excluding hydrogens is 272 g/mol. The van der Waals surface area contributed by atoms with E-state index in [0.717, 1.165) is 5.56 Å². The number of likely N-dealkylation sites (tertiary alicyclic amines) is 1. The summed E-state index contributed by atoms with van der Waals surface area (Å²) in [7, 11) is 1.69. The van der Waals surface area contributed by atoms with Crippen LogP contribution in [0, 0.1) is 5.92 Å². The van der Waals surface area contributed by atoms with E-state index >= 15 is 0 Å². The van der Waals surface area contributed by atoms with Gasteiger partial charge >= 0.3 is 5.97 Å². The number of benzene rings is 1. The minimum Gasteiger partial charge on any atom is -0.481 e. The molecular formula is C15H18N2O4. The molecule has 1 atom stereocenters. The summed E-state index contributed by atoms with van der Waals surface area (Å²) in [6, 6.07) is 7.08. The van der Waals surface area contributed by atoms with Crippen molar-refractivity contribution in [3.8, 4) is 0 Å². The van der Waals surface area contributed by atoms with Gasteiger partial charge in [-0.15, -0.1) is 0 Å². The molecule has 1 heterocycles. The smallest absolute Gasteiger partial charge is 0.303 e. The van der Waals surface area contributed by atoms with E-state index in [9.17, 15) is 14.4 Å². The third-order valence-corrected chi connectivity index (χ3v) is 3.56. The first-order valence-electron chi connectivity index (χ1n) is 6.81. The molecule has 6 nitrogen and oxygen atoms in total. The first kappa shape index (κ1) is 15.0. The van der Waals surface area contributed by atoms with Crippen molar-refractivity contribution in [2.75, 3.05) is 18.9 Å². The molecule has 0 aromatic heterocycles. The molecule has 6 heteroatoms. The monoisotopic (exact) mass is 290 g/mol. The molecule has 112 valence electrons. The van der Waals surface area contributed by atoms with Crippen LogP contribution < -0.4 is 5.32 Å². The Morgan fingerprint density at radius 1 is 1.33 bits per heavy atom. The third kappa shape index (κ3) is 4.05. The van der Waals surface area contributed by atoms with Crippen molar-refractivity contribution < 1.29 is 19.5 Å². The van der Waals surface area contributed by atoms with Gasteiger partial charge < -0.3 is 15.3 Å². The minimum absolute atomic E-state index is 0.0147. The zero-order chi connectivity index (χ0) is 15.4. The zero-order valence-electron chi connectivity index (χ0n) is 11.8. The minimum atomic E-state index is -0.831. The summed E-state index contributed by atoms with van der Waals surface area (Å²) >= 11 is 0. The van der Waals surface area contributed by atoms with Crippen molar-refractivity contribution in [1.29, 1.82) is 0 Å². The highest BCUT2D eigenvalue weighted by molar-refractivity contribution is 5.97. The molecule has 2 amide bonds. The van der Waals surface area contributed by atoms with Crippen LogP contribution in [0.5, 0.6) is 0 Å². The predicted molar refractivity (Wildman–Crippen MR) is 76.8 cm³/mol. The van der Waals surface area contributed by atoms with Gasteiger partial charge in [0.2, 0.25) is 11.8 Å². The lowest BCUT2D eigenvalue weighted by molar-refractivity contribution is -0.137. The summed E-state index contributed by atoms with van der Waals surface area (Å²) in [6.07, 6.45) is 0.798. The number of carboxylic acid groups (broad SMARTS) is 1. The van der Waals surface area contributed by atoms with Crippen molar-refractivity contribution >= 4 is 23.5 Å². The van der Waals surface area contributed by atoms with Crippen LogP contribution in [0.1, 0.15) is 18.4 Å². The molecule has 0 spiro atoms. The lowest BCUT2D eigenvalue weighted by Gasteiger charge is -2.11. The van der Waals surface area contributed by atoms with Gasteiger partial charge in [-0.2, -0.15) is 0 Å². The molecule has 0 aliphatic carbocycles. The summed E-state index contributed by atoms with van der Waals surface area (Å²) in [4.78, 5) is 35.5. The number of nitrogens with one attached hydrogen (secondary N) is 1. The third-order valence-electron chi connectivity index (χ3n) is 3.56. The summed E-state index contributed by atoms with van der Waals surface area (Å²) in [5.74, 6) is -1.32. The van der Waals surface area contributed by atoms with E-state index in [1.165, 1.54) is 0 Å². The van der Waals surface area contributed by atoms with Gasteiger partial charge in [0.05, 0.1) is 5.92 Å². The molecule has 0 saturated carbocycles. The maximum atomic E-state index is 12.0. The van der Waals surface area contributed by atoms with Crippen molar-refractivity contribution in [2.24, 2.45) is 5.92 Å². The summed E-state index contributed by atoms with van der Waals surface area (Å²) in [5, 5.41) is 11.4. The van der Waals surface area contributed by atoms with Crippen LogP contribution in [0.15, 0.2) is 24.3 Å². The van der Waals surface area contributed by atoms with Gasteiger partial charge in [-0.05, 0) is 24.1 Å². The number of hydrogen-bond donors (Lipinski definition) is 2. The van der Waals surface area contributed by atoms with Crippen molar-refractivity contribution in [3.63, 3.8) is 0 Å². The highest BCUT2D eigenvalue weighted by atomic mass is 16.4. The molecule has 1 aliphatic heterocycles. The van der Waals surface area contributed by atoms with E-state index < -0.39 is 5.97 Å². The number of nitrogens with zero attached hydrogens (tertiary/aromatic N) is 1. The van der Waals surface area contributed by atoms with Crippen LogP contribution in [-0.4, -0.2) is 41.4 Å². The Kier molecular flexibility index (Phi) is 4.57. The number of rotatable bonds is 5. The summed E-state index contributed by atoms with van der Waals surface area (Å²) < 4.78 is 0. The second-order valence-electron chi connectivity index (χ2n) is 5.26. The standard InChI is InChI=1S/C15H18N2O4/c1-17-9-11(8-13(17)18)15(21)16-12-5-2-10(3-6-12)4-7-14(19)20/h2-3,5-6,11H,4,7-9H2,1H3,(H,16,21)(H,19,20). The van der Waals surface area contributed by atoms with Gasteiger partial charge in [-0.1, -0.05) is 12.1 Å². The van der Waals surface area contributed by atoms with E-state index in [1.54, 1.807) is 36.2 Å². The van der Waals surface area contributed by atoms with Crippen molar-refractivity contribution in [3.05, 3.63) is 29.8 Å². The average Bonchev–Trinajstić information content (AvgIpc) is 2.78. The number of aliphatic carboxylic acids is 1. The van der Waals surface area contributed by atoms with Gasteiger partial charge in [-0.3, -0.25) is 14.4 Å². The number of anilines is 1. The predicted octanol–water partition coefficient (Wildman–Crippen LogP) is 1.12. The fourth-order valence-corrected chi connectivity index (χ4v) is 2.29. The Bertz CT molecular complexity index is 553. The Morgan fingerprint density at radius 3 is 2.52 bits per heavy atom. The normalized spacial score (nSPS) is 17.9. The van der Waals surface area contributed by atoms with Crippen LogP contribution in [0.2, 0.25) is 0 Å². The first-order chi connectivity index (χ1) is 9.95. The molecule has 2 rings (SSSR count). The molecule has 1 aromatic rings. The average molecular weight is 290 g/mol. The molecule has 1 unspecified atom stereocenters. The Labute approximate surface area is 122 Å². The van der Waals surface area contributed by atoms with Crippen molar-refractivity contribution in [2.45, 2.75) is 19.3 Å². The molecule has 21 heavy (non-hydrogen) atoms. The second-order valence-corrected chi connectivity index (χ2v) is 5.26. The van der Waals surface area contributed by atoms with Crippen LogP contribution >= 0.6 is 0 Å². The number of carbonyl (C=O) groups is 3. The highest BCUT2D eigenvalue weighted by Gasteiger charge is 2.31. The molecule has 1 aliphatic rings. The molecule has 0 radical (unpaired) electrons. The number of aryl methyl sites for hydroxylation is 1. The molecule has 2 N–H and O–H groups in total. The van der Waals surface area contributed by atoms with Gasteiger partial charge in [0.25, 0.3) is 0 Å². The molecule has 1 aromatic carbocycles. The second kappa shape index (κ2) is 6.39. The van der Waals surface area contributed by atoms with Crippen LogP contribution in [-0.2, 0) is 20.8 Å². The van der Waals surface area contributed by atoms with E-state index in [1.807, 2.05) is 0 Å². The van der Waals surface area contributed by atoms with E-state index in [4.69, 9.17) is 5.11 Å². The highest BCUT2D eigenvalue weighted by Crippen LogP contribution is 2.19. The topological polar surface area (TPSA) is 86.7 Å². The number of amides is 2. The van der Waals surface area contributed by atoms with Crippen LogP contribution in [0.3, 0.4) is 0 Å². The van der Waals surface area contributed by atoms with E-state index in [0.29, 0.717) is 18.7 Å². The van der Waals surface area contributed by atoms with Crippen LogP contribution in [0.25, 0.3) is 0 Å². The van der Waals surface area contributed by atoms with E-state index in [-0.39, 0.29) is 30.6 Å². The molecule has 1 fully saturated rings. The fraction of sp³-hybridized carbons (Fsp3) is 0.400. The SMILES string of the molecule is CN1CC(C(=O)Nc2ccc(CCC(=O)O)cc2)CC1=O. The first-order valence-corrected chi connectivity index (χ1v) is 6.81. The fourth-order valence-electron chi connectivity index (χ4n) is 2.29. The zero-order valence-corrected chi connectivity index (χ0v) is 11.8.